The van der Waals surface area contributed by atoms with Crippen molar-refractivity contribution < 1.29 is 23.4 Å². The molecule has 6 heteroatoms. The second-order valence-electron chi connectivity index (χ2n) is 5.90. The van der Waals surface area contributed by atoms with Crippen molar-refractivity contribution >= 4 is 14.5 Å². The van der Waals surface area contributed by atoms with Crippen LogP contribution in [0.2, 0.25) is 0 Å². The molecule has 0 unspecified atom stereocenters. The Labute approximate surface area is 155 Å². The summed E-state index contributed by atoms with van der Waals surface area (Å²) >= 11 is 0. The molecule has 0 fully saturated rings. The fourth-order valence-electron chi connectivity index (χ4n) is 3.08. The zero-order chi connectivity index (χ0) is 19.3. The number of benzene rings is 2. The number of rotatable bonds is 8. The van der Waals surface area contributed by atoms with Gasteiger partial charge in [-0.1, -0.05) is 17.7 Å². The third kappa shape index (κ3) is 4.05. The predicted octanol–water partition coefficient (Wildman–Crippen LogP) is 5.23. The van der Waals surface area contributed by atoms with Gasteiger partial charge in [0.1, 0.15) is 0 Å². The Morgan fingerprint density at radius 2 is 1.54 bits per heavy atom. The maximum atomic E-state index is 13.3. The molecule has 0 aliphatic carbocycles. The van der Waals surface area contributed by atoms with Gasteiger partial charge in [-0.2, -0.15) is 0 Å². The Bertz CT molecular complexity index is 806. The van der Waals surface area contributed by atoms with Crippen LogP contribution in [0.5, 0.6) is 17.2 Å². The highest BCUT2D eigenvalue weighted by Gasteiger charge is 2.25. The number of ketones is 1. The lowest BCUT2D eigenvalue weighted by atomic mass is 9.92. The molecule has 0 radical (unpaired) electrons. The van der Waals surface area contributed by atoms with Crippen molar-refractivity contribution in [1.82, 2.24) is 0 Å². The van der Waals surface area contributed by atoms with Gasteiger partial charge in [0, 0.05) is 5.56 Å². The molecular formula is C20H23O5P. The molecule has 0 amide bonds. The Kier molecular flexibility index (Phi) is 6.76. The molecule has 0 saturated heterocycles. The van der Waals surface area contributed by atoms with Crippen LogP contribution in [0.1, 0.15) is 46.5 Å². The van der Waals surface area contributed by atoms with E-state index in [-0.39, 0.29) is 17.3 Å². The largest absolute Gasteiger partial charge is 0.489 e. The molecule has 0 aromatic heterocycles. The first-order valence-corrected chi connectivity index (χ1v) is 9.22. The van der Waals surface area contributed by atoms with Gasteiger partial charge < -0.3 is 14.0 Å². The quantitative estimate of drug-likeness (QED) is 0.468. The van der Waals surface area contributed by atoms with Crippen LogP contribution < -0.4 is 14.0 Å². The maximum Gasteiger partial charge on any atom is 0.395 e. The number of hydrogen-bond acceptors (Lipinski definition) is 5. The van der Waals surface area contributed by atoms with Gasteiger partial charge in [-0.25, -0.2) is 4.57 Å². The van der Waals surface area contributed by atoms with Crippen molar-refractivity contribution in [2.75, 3.05) is 13.2 Å². The zero-order valence-electron chi connectivity index (χ0n) is 15.7. The van der Waals surface area contributed by atoms with E-state index in [1.165, 1.54) is 0 Å². The van der Waals surface area contributed by atoms with Crippen molar-refractivity contribution in [1.29, 1.82) is 0 Å². The van der Waals surface area contributed by atoms with Crippen molar-refractivity contribution in [3.8, 4) is 17.2 Å². The molecule has 0 aliphatic heterocycles. The lowest BCUT2D eigenvalue weighted by Crippen LogP contribution is -2.11. The van der Waals surface area contributed by atoms with Gasteiger partial charge in [-0.15, -0.1) is 0 Å². The van der Waals surface area contributed by atoms with Gasteiger partial charge in [0.25, 0.3) is 0 Å². The van der Waals surface area contributed by atoms with Crippen LogP contribution >= 0.6 is 8.69 Å². The minimum Gasteiger partial charge on any atom is -0.489 e. The normalized spacial score (nSPS) is 10.7. The van der Waals surface area contributed by atoms with Crippen LogP contribution in [0.15, 0.2) is 24.3 Å². The second kappa shape index (κ2) is 8.81. The van der Waals surface area contributed by atoms with Crippen LogP contribution in [0, 0.1) is 20.8 Å². The van der Waals surface area contributed by atoms with E-state index >= 15 is 0 Å². The summed E-state index contributed by atoms with van der Waals surface area (Å²) < 4.78 is 27.3. The first-order chi connectivity index (χ1) is 12.4. The SMILES string of the molecule is CCOc1c(OP=O)ccc(C(=O)c2c(C)cc(C)cc2C)c1OCC. The fourth-order valence-corrected chi connectivity index (χ4v) is 3.30. The van der Waals surface area contributed by atoms with Crippen LogP contribution in [0.25, 0.3) is 0 Å². The topological polar surface area (TPSA) is 61.8 Å². The molecule has 0 atom stereocenters. The molecule has 0 heterocycles. The molecule has 0 saturated carbocycles. The van der Waals surface area contributed by atoms with Crippen LogP contribution in [0.3, 0.4) is 0 Å². The van der Waals surface area contributed by atoms with E-state index in [1.807, 2.05) is 46.8 Å². The third-order valence-electron chi connectivity index (χ3n) is 3.94. The first-order valence-electron chi connectivity index (χ1n) is 8.49. The lowest BCUT2D eigenvalue weighted by Gasteiger charge is -2.18. The van der Waals surface area contributed by atoms with E-state index in [0.717, 1.165) is 16.7 Å². The number of aryl methyl sites for hydroxylation is 3. The molecule has 0 aliphatic rings. The zero-order valence-corrected chi connectivity index (χ0v) is 16.6. The summed E-state index contributed by atoms with van der Waals surface area (Å²) in [6.07, 6.45) is 0. The average molecular weight is 374 g/mol. The summed E-state index contributed by atoms with van der Waals surface area (Å²) in [5.74, 6) is 0.710. The summed E-state index contributed by atoms with van der Waals surface area (Å²) in [4.78, 5) is 13.3. The number of ether oxygens (including phenoxy) is 2. The maximum absolute atomic E-state index is 13.3. The molecule has 2 rings (SSSR count). The molecule has 0 spiro atoms. The standard InChI is InChI=1S/C20H23O5P/c1-6-23-19-15(8-9-16(25-26-22)20(19)24-7-2)18(21)17-13(4)10-12(3)11-14(17)5/h8-11H,6-7H2,1-5H3. The van der Waals surface area contributed by atoms with E-state index < -0.39 is 8.69 Å². The Morgan fingerprint density at radius 3 is 2.08 bits per heavy atom. The molecule has 138 valence electrons. The Morgan fingerprint density at radius 1 is 0.962 bits per heavy atom. The average Bonchev–Trinajstić information content (AvgIpc) is 2.57. The van der Waals surface area contributed by atoms with Gasteiger partial charge in [0.2, 0.25) is 5.75 Å². The monoisotopic (exact) mass is 374 g/mol. The minimum atomic E-state index is -0.505. The predicted molar refractivity (Wildman–Crippen MR) is 101 cm³/mol. The third-order valence-corrected chi connectivity index (χ3v) is 4.21. The van der Waals surface area contributed by atoms with Crippen molar-refractivity contribution in [3.05, 3.63) is 52.1 Å². The highest BCUT2D eigenvalue weighted by atomic mass is 31.1. The molecular weight excluding hydrogens is 351 g/mol. The summed E-state index contributed by atoms with van der Waals surface area (Å²) in [6.45, 7) is 10.2. The first kappa shape index (κ1) is 19.9. The number of carbonyl (C=O) groups is 1. The van der Waals surface area contributed by atoms with E-state index in [9.17, 15) is 9.36 Å². The van der Waals surface area contributed by atoms with Crippen molar-refractivity contribution in [2.45, 2.75) is 34.6 Å². The lowest BCUT2D eigenvalue weighted by molar-refractivity contribution is 0.103. The summed E-state index contributed by atoms with van der Waals surface area (Å²) in [6, 6.07) is 7.16. The highest BCUT2D eigenvalue weighted by molar-refractivity contribution is 7.17. The number of carbonyl (C=O) groups excluding carboxylic acids is 1. The summed E-state index contributed by atoms with van der Waals surface area (Å²) in [7, 11) is -0.505. The van der Waals surface area contributed by atoms with Crippen molar-refractivity contribution in [2.24, 2.45) is 0 Å². The number of hydrogen-bond donors (Lipinski definition) is 0. The Hall–Kier alpha value is -2.39. The minimum absolute atomic E-state index is 0.143. The van der Waals surface area contributed by atoms with Crippen molar-refractivity contribution in [3.63, 3.8) is 0 Å². The van der Waals surface area contributed by atoms with Crippen LogP contribution in [0.4, 0.5) is 0 Å². The molecule has 5 nitrogen and oxygen atoms in total. The summed E-state index contributed by atoms with van der Waals surface area (Å²) in [5.41, 5.74) is 3.96. The molecule has 2 aromatic carbocycles. The Balaban J connectivity index is 2.66. The van der Waals surface area contributed by atoms with E-state index in [1.54, 1.807) is 12.1 Å². The highest BCUT2D eigenvalue weighted by Crippen LogP contribution is 2.42. The summed E-state index contributed by atoms with van der Waals surface area (Å²) in [5, 5.41) is 0. The molecule has 0 N–H and O–H groups in total. The van der Waals surface area contributed by atoms with Gasteiger partial charge in [0.15, 0.2) is 17.3 Å². The fraction of sp³-hybridized carbons (Fsp3) is 0.350. The second-order valence-corrected chi connectivity index (χ2v) is 6.24. The van der Waals surface area contributed by atoms with Crippen LogP contribution in [-0.4, -0.2) is 19.0 Å². The smallest absolute Gasteiger partial charge is 0.395 e. The van der Waals surface area contributed by atoms with Gasteiger partial charge in [-0.3, -0.25) is 4.79 Å². The van der Waals surface area contributed by atoms with E-state index in [2.05, 4.69) is 0 Å². The molecule has 0 bridgehead atoms. The molecule has 26 heavy (non-hydrogen) atoms. The van der Waals surface area contributed by atoms with E-state index in [0.29, 0.717) is 30.1 Å². The van der Waals surface area contributed by atoms with Gasteiger partial charge >= 0.3 is 8.69 Å². The van der Waals surface area contributed by atoms with Gasteiger partial charge in [0.05, 0.1) is 18.8 Å². The van der Waals surface area contributed by atoms with E-state index in [4.69, 9.17) is 14.0 Å². The molecule has 2 aromatic rings. The van der Waals surface area contributed by atoms with Gasteiger partial charge in [-0.05, 0) is 57.9 Å². The van der Waals surface area contributed by atoms with Crippen LogP contribution in [-0.2, 0) is 4.57 Å².